The summed E-state index contributed by atoms with van der Waals surface area (Å²) in [5.74, 6) is 0.0896. The molecule has 0 atom stereocenters. The van der Waals surface area contributed by atoms with Crippen LogP contribution in [-0.2, 0) is 0 Å². The van der Waals surface area contributed by atoms with E-state index in [0.717, 1.165) is 48.6 Å². The standard InChI is InChI=1S/C17H22N4O.ClH/c1-12-11-13(2)21(19-12)16-5-3-14(4-6-16)17(22)20-9-7-15(18)8-10-20;/h3-6,11,15H,7-10,18H2,1-2H3;1H. The van der Waals surface area contributed by atoms with Gasteiger partial charge in [0.1, 0.15) is 0 Å². The second kappa shape index (κ2) is 7.15. The third-order valence-electron chi connectivity index (χ3n) is 4.20. The zero-order chi connectivity index (χ0) is 15.7. The lowest BCUT2D eigenvalue weighted by Gasteiger charge is -2.30. The first kappa shape index (κ1) is 17.5. The number of nitrogens with two attached hydrogens (primary N) is 1. The predicted molar refractivity (Wildman–Crippen MR) is 93.4 cm³/mol. The fourth-order valence-electron chi connectivity index (χ4n) is 2.92. The van der Waals surface area contributed by atoms with Crippen LogP contribution in [0.5, 0.6) is 0 Å². The van der Waals surface area contributed by atoms with Crippen molar-refractivity contribution in [3.8, 4) is 5.69 Å². The van der Waals surface area contributed by atoms with E-state index < -0.39 is 0 Å². The SMILES string of the molecule is Cc1cc(C)n(-c2ccc(C(=O)N3CCC(N)CC3)cc2)n1.Cl. The highest BCUT2D eigenvalue weighted by molar-refractivity contribution is 5.94. The molecule has 2 heterocycles. The van der Waals surface area contributed by atoms with Crippen molar-refractivity contribution in [1.29, 1.82) is 0 Å². The van der Waals surface area contributed by atoms with Crippen molar-refractivity contribution in [2.24, 2.45) is 5.73 Å². The van der Waals surface area contributed by atoms with Crippen molar-refractivity contribution < 1.29 is 4.79 Å². The number of hydrogen-bond donors (Lipinski definition) is 1. The quantitative estimate of drug-likeness (QED) is 0.917. The van der Waals surface area contributed by atoms with Gasteiger partial charge >= 0.3 is 0 Å². The highest BCUT2D eigenvalue weighted by atomic mass is 35.5. The van der Waals surface area contributed by atoms with E-state index in [-0.39, 0.29) is 24.4 Å². The molecule has 1 aromatic heterocycles. The normalized spacial score (nSPS) is 15.3. The van der Waals surface area contributed by atoms with Gasteiger partial charge in [-0.15, -0.1) is 12.4 Å². The van der Waals surface area contributed by atoms with Gasteiger partial charge in [0.25, 0.3) is 5.91 Å². The minimum Gasteiger partial charge on any atom is -0.339 e. The van der Waals surface area contributed by atoms with Crippen molar-refractivity contribution >= 4 is 18.3 Å². The molecule has 0 radical (unpaired) electrons. The molecule has 1 fully saturated rings. The summed E-state index contributed by atoms with van der Waals surface area (Å²) in [6, 6.07) is 9.92. The minimum atomic E-state index is 0. The summed E-state index contributed by atoms with van der Waals surface area (Å²) < 4.78 is 1.89. The van der Waals surface area contributed by atoms with Crippen LogP contribution in [0.2, 0.25) is 0 Å². The summed E-state index contributed by atoms with van der Waals surface area (Å²) in [5.41, 5.74) is 9.66. The summed E-state index contributed by atoms with van der Waals surface area (Å²) in [6.45, 7) is 5.50. The van der Waals surface area contributed by atoms with E-state index in [4.69, 9.17) is 5.73 Å². The van der Waals surface area contributed by atoms with Gasteiger partial charge in [-0.3, -0.25) is 4.79 Å². The van der Waals surface area contributed by atoms with E-state index in [2.05, 4.69) is 5.10 Å². The Morgan fingerprint density at radius 1 is 1.17 bits per heavy atom. The average Bonchev–Trinajstić information content (AvgIpc) is 2.86. The Bertz CT molecular complexity index is 672. The second-order valence-corrected chi connectivity index (χ2v) is 6.02. The molecule has 1 aromatic carbocycles. The Morgan fingerprint density at radius 3 is 2.30 bits per heavy atom. The molecular weight excluding hydrogens is 312 g/mol. The van der Waals surface area contributed by atoms with Crippen molar-refractivity contribution in [1.82, 2.24) is 14.7 Å². The van der Waals surface area contributed by atoms with E-state index in [0.29, 0.717) is 0 Å². The number of aromatic nitrogens is 2. The molecule has 0 aliphatic carbocycles. The average molecular weight is 335 g/mol. The zero-order valence-electron chi connectivity index (χ0n) is 13.5. The number of hydrogen-bond acceptors (Lipinski definition) is 3. The van der Waals surface area contributed by atoms with Crippen molar-refractivity contribution in [2.45, 2.75) is 32.7 Å². The van der Waals surface area contributed by atoms with Gasteiger partial charge in [0.05, 0.1) is 11.4 Å². The Hall–Kier alpha value is -1.85. The van der Waals surface area contributed by atoms with Crippen molar-refractivity contribution in [2.75, 3.05) is 13.1 Å². The smallest absolute Gasteiger partial charge is 0.253 e. The minimum absolute atomic E-state index is 0. The van der Waals surface area contributed by atoms with Gasteiger partial charge in [-0.25, -0.2) is 4.68 Å². The lowest BCUT2D eigenvalue weighted by molar-refractivity contribution is 0.0715. The number of carbonyl (C=O) groups is 1. The van der Waals surface area contributed by atoms with Gasteiger partial charge in [0, 0.05) is 30.4 Å². The third-order valence-corrected chi connectivity index (χ3v) is 4.20. The molecule has 6 heteroatoms. The van der Waals surface area contributed by atoms with Crippen LogP contribution in [0.4, 0.5) is 0 Å². The molecule has 2 aromatic rings. The molecule has 1 aliphatic heterocycles. The van der Waals surface area contributed by atoms with Crippen LogP contribution in [-0.4, -0.2) is 39.7 Å². The van der Waals surface area contributed by atoms with Crippen LogP contribution in [0.15, 0.2) is 30.3 Å². The molecule has 0 bridgehead atoms. The Balaban J connectivity index is 0.00000192. The molecule has 3 rings (SSSR count). The van der Waals surface area contributed by atoms with E-state index in [9.17, 15) is 4.79 Å². The van der Waals surface area contributed by atoms with Gasteiger partial charge in [-0.1, -0.05) is 0 Å². The molecule has 1 aliphatic rings. The number of piperidine rings is 1. The first-order valence-electron chi connectivity index (χ1n) is 7.73. The number of likely N-dealkylation sites (tertiary alicyclic amines) is 1. The summed E-state index contributed by atoms with van der Waals surface area (Å²) >= 11 is 0. The predicted octanol–water partition coefficient (Wildman–Crippen LogP) is 2.47. The molecule has 5 nitrogen and oxygen atoms in total. The van der Waals surface area contributed by atoms with E-state index in [1.54, 1.807) is 0 Å². The molecular formula is C17H23ClN4O. The third kappa shape index (κ3) is 3.74. The van der Waals surface area contributed by atoms with E-state index in [1.165, 1.54) is 0 Å². The van der Waals surface area contributed by atoms with Gasteiger partial charge in [0.2, 0.25) is 0 Å². The summed E-state index contributed by atoms with van der Waals surface area (Å²) in [4.78, 5) is 14.4. The van der Waals surface area contributed by atoms with Crippen LogP contribution in [0.3, 0.4) is 0 Å². The molecule has 2 N–H and O–H groups in total. The fraction of sp³-hybridized carbons (Fsp3) is 0.412. The lowest BCUT2D eigenvalue weighted by atomic mass is 10.0. The second-order valence-electron chi connectivity index (χ2n) is 6.02. The number of amides is 1. The molecule has 0 saturated carbocycles. The zero-order valence-corrected chi connectivity index (χ0v) is 14.3. The number of rotatable bonds is 2. The maximum Gasteiger partial charge on any atom is 0.253 e. The van der Waals surface area contributed by atoms with Crippen molar-refractivity contribution in [3.05, 3.63) is 47.3 Å². The topological polar surface area (TPSA) is 64.2 Å². The van der Waals surface area contributed by atoms with Crippen LogP contribution >= 0.6 is 12.4 Å². The van der Waals surface area contributed by atoms with Crippen LogP contribution in [0.1, 0.15) is 34.6 Å². The van der Waals surface area contributed by atoms with Crippen LogP contribution < -0.4 is 5.73 Å². The molecule has 1 amide bonds. The number of aryl methyl sites for hydroxylation is 2. The van der Waals surface area contributed by atoms with Crippen LogP contribution in [0, 0.1) is 13.8 Å². The highest BCUT2D eigenvalue weighted by Crippen LogP contribution is 2.16. The Kier molecular flexibility index (Phi) is 5.44. The Morgan fingerprint density at radius 2 is 1.78 bits per heavy atom. The summed E-state index contributed by atoms with van der Waals surface area (Å²) in [6.07, 6.45) is 1.77. The monoisotopic (exact) mass is 334 g/mol. The molecule has 0 unspecified atom stereocenters. The molecule has 23 heavy (non-hydrogen) atoms. The molecule has 0 spiro atoms. The molecule has 124 valence electrons. The lowest BCUT2D eigenvalue weighted by Crippen LogP contribution is -2.42. The Labute approximate surface area is 142 Å². The molecule has 1 saturated heterocycles. The highest BCUT2D eigenvalue weighted by Gasteiger charge is 2.21. The van der Waals surface area contributed by atoms with E-state index in [1.807, 2.05) is 53.8 Å². The van der Waals surface area contributed by atoms with Crippen molar-refractivity contribution in [3.63, 3.8) is 0 Å². The largest absolute Gasteiger partial charge is 0.339 e. The number of benzene rings is 1. The summed E-state index contributed by atoms with van der Waals surface area (Å²) in [5, 5.41) is 4.46. The maximum atomic E-state index is 12.5. The summed E-state index contributed by atoms with van der Waals surface area (Å²) in [7, 11) is 0. The first-order chi connectivity index (χ1) is 10.5. The maximum absolute atomic E-state index is 12.5. The number of nitrogens with zero attached hydrogens (tertiary/aromatic N) is 3. The number of halogens is 1. The number of carbonyl (C=O) groups excluding carboxylic acids is 1. The fourth-order valence-corrected chi connectivity index (χ4v) is 2.92. The van der Waals surface area contributed by atoms with Crippen LogP contribution in [0.25, 0.3) is 5.69 Å². The van der Waals surface area contributed by atoms with Gasteiger partial charge < -0.3 is 10.6 Å². The first-order valence-corrected chi connectivity index (χ1v) is 7.73. The van der Waals surface area contributed by atoms with Gasteiger partial charge in [-0.05, 0) is 57.0 Å². The van der Waals surface area contributed by atoms with Gasteiger partial charge in [-0.2, -0.15) is 5.10 Å². The van der Waals surface area contributed by atoms with Gasteiger partial charge in [0.15, 0.2) is 0 Å². The van der Waals surface area contributed by atoms with E-state index >= 15 is 0 Å².